The summed E-state index contributed by atoms with van der Waals surface area (Å²) in [5, 5.41) is 9.56. The molecule has 2 amide bonds. The number of fused-ring (bicyclic) bond motifs is 1. The first-order chi connectivity index (χ1) is 18.8. The highest BCUT2D eigenvalue weighted by atomic mass is 16.6. The number of allylic oxidation sites excluding steroid dienone is 1. The Morgan fingerprint density at radius 2 is 1.92 bits per heavy atom. The first-order valence-electron chi connectivity index (χ1n) is 13.7. The summed E-state index contributed by atoms with van der Waals surface area (Å²) in [6.07, 6.45) is 7.17. The second-order valence-electron chi connectivity index (χ2n) is 10.7. The van der Waals surface area contributed by atoms with Gasteiger partial charge in [-0.05, 0) is 69.7 Å². The van der Waals surface area contributed by atoms with Crippen molar-refractivity contribution in [2.75, 3.05) is 38.3 Å². The fourth-order valence-electron chi connectivity index (χ4n) is 6.56. The summed E-state index contributed by atoms with van der Waals surface area (Å²) < 4.78 is 17.5. The molecule has 2 unspecified atom stereocenters. The average Bonchev–Trinajstić information content (AvgIpc) is 3.50. The lowest BCUT2D eigenvalue weighted by Gasteiger charge is -2.36. The fraction of sp³-hybridized carbons (Fsp3) is 0.567. The van der Waals surface area contributed by atoms with Crippen molar-refractivity contribution < 1.29 is 33.7 Å². The number of methoxy groups -OCH3 is 1. The third-order valence-corrected chi connectivity index (χ3v) is 8.33. The van der Waals surface area contributed by atoms with E-state index < -0.39 is 35.0 Å². The van der Waals surface area contributed by atoms with E-state index in [9.17, 15) is 19.5 Å². The number of hydrogen-bond acceptors (Lipinski definition) is 7. The molecule has 1 aromatic rings. The van der Waals surface area contributed by atoms with Crippen LogP contribution in [0.4, 0.5) is 5.69 Å². The number of rotatable bonds is 14. The molecule has 4 rings (SSSR count). The molecule has 9 heteroatoms. The highest BCUT2D eigenvalue weighted by Crippen LogP contribution is 2.63. The second-order valence-corrected chi connectivity index (χ2v) is 10.7. The van der Waals surface area contributed by atoms with Crippen LogP contribution in [0.1, 0.15) is 45.4 Å². The van der Waals surface area contributed by atoms with Crippen molar-refractivity contribution >= 4 is 23.5 Å². The Bertz CT molecular complexity index is 1090. The molecule has 3 aliphatic rings. The van der Waals surface area contributed by atoms with Gasteiger partial charge < -0.3 is 29.1 Å². The molecule has 3 heterocycles. The number of unbranched alkanes of at least 4 members (excludes halogenated alkanes) is 2. The molecule has 3 fully saturated rings. The number of likely N-dealkylation sites (tertiary alicyclic amines) is 1. The van der Waals surface area contributed by atoms with Gasteiger partial charge in [0.05, 0.1) is 25.2 Å². The third-order valence-electron chi connectivity index (χ3n) is 8.33. The molecule has 1 spiro atoms. The zero-order valence-electron chi connectivity index (χ0n) is 23.0. The minimum atomic E-state index is -1.16. The molecule has 0 aliphatic carbocycles. The average molecular weight is 541 g/mol. The molecule has 39 heavy (non-hydrogen) atoms. The normalized spacial score (nSPS) is 28.7. The minimum Gasteiger partial charge on any atom is -0.497 e. The Kier molecular flexibility index (Phi) is 8.81. The minimum absolute atomic E-state index is 0.133. The van der Waals surface area contributed by atoms with Crippen molar-refractivity contribution in [3.8, 4) is 5.75 Å². The van der Waals surface area contributed by atoms with Crippen LogP contribution in [0.25, 0.3) is 0 Å². The highest BCUT2D eigenvalue weighted by molar-refractivity contribution is 6.04. The Labute approximate surface area is 230 Å². The molecule has 0 aromatic heterocycles. The summed E-state index contributed by atoms with van der Waals surface area (Å²) in [5.41, 5.74) is -1.43. The van der Waals surface area contributed by atoms with Gasteiger partial charge in [0.25, 0.3) is 5.91 Å². The quantitative estimate of drug-likeness (QED) is 0.219. The maximum absolute atomic E-state index is 14.4. The van der Waals surface area contributed by atoms with Gasteiger partial charge in [0.1, 0.15) is 23.3 Å². The first-order valence-corrected chi connectivity index (χ1v) is 13.7. The summed E-state index contributed by atoms with van der Waals surface area (Å²) in [5.74, 6) is -2.04. The molecule has 3 saturated heterocycles. The van der Waals surface area contributed by atoms with Crippen LogP contribution in [0.3, 0.4) is 0 Å². The van der Waals surface area contributed by atoms with Crippen LogP contribution >= 0.6 is 0 Å². The van der Waals surface area contributed by atoms with Gasteiger partial charge in [-0.15, -0.1) is 13.2 Å². The number of nitrogens with zero attached hydrogens (tertiary/aromatic N) is 2. The van der Waals surface area contributed by atoms with Crippen molar-refractivity contribution in [3.63, 3.8) is 0 Å². The molecular formula is C30H40N2O7. The molecule has 1 aromatic carbocycles. The van der Waals surface area contributed by atoms with Crippen LogP contribution in [0.2, 0.25) is 0 Å². The van der Waals surface area contributed by atoms with Crippen LogP contribution in [-0.2, 0) is 23.9 Å². The number of carbonyl (C=O) groups is 3. The third kappa shape index (κ3) is 5.10. The van der Waals surface area contributed by atoms with Gasteiger partial charge in [0.2, 0.25) is 5.91 Å². The van der Waals surface area contributed by atoms with E-state index in [0.29, 0.717) is 37.1 Å². The van der Waals surface area contributed by atoms with Crippen LogP contribution in [0, 0.1) is 11.8 Å². The highest BCUT2D eigenvalue weighted by Gasteiger charge is 2.78. The molecule has 5 atom stereocenters. The van der Waals surface area contributed by atoms with Crippen molar-refractivity contribution in [1.82, 2.24) is 4.90 Å². The van der Waals surface area contributed by atoms with Gasteiger partial charge in [-0.3, -0.25) is 14.4 Å². The number of hydrogen-bond donors (Lipinski definition) is 1. The van der Waals surface area contributed by atoms with Gasteiger partial charge in [-0.1, -0.05) is 12.2 Å². The Balaban J connectivity index is 1.67. The number of amides is 2. The number of benzene rings is 1. The van der Waals surface area contributed by atoms with Crippen molar-refractivity contribution in [3.05, 3.63) is 49.6 Å². The first kappa shape index (κ1) is 28.8. The van der Waals surface area contributed by atoms with Crippen molar-refractivity contribution in [2.24, 2.45) is 11.8 Å². The standard InChI is InChI=1S/C30H40N2O7/c1-5-7-8-9-20-38-28(36)24-23-26(34)32(18-10-19-33)25(30(23)16-15-29(24,3)39-30)27(35)31(17-6-2)21-11-13-22(37-4)14-12-21/h5-6,11-14,23-25,33H,1-2,7-10,15-20H2,3-4H3/t23-,24+,25?,29-,30?/m0/s1. The largest absolute Gasteiger partial charge is 0.497 e. The number of ether oxygens (including phenoxy) is 3. The summed E-state index contributed by atoms with van der Waals surface area (Å²) in [4.78, 5) is 44.9. The molecule has 0 saturated carbocycles. The molecule has 0 radical (unpaired) electrons. The van der Waals surface area contributed by atoms with E-state index in [1.54, 1.807) is 42.4 Å². The summed E-state index contributed by atoms with van der Waals surface area (Å²) in [7, 11) is 1.57. The molecule has 9 nitrogen and oxygen atoms in total. The number of aliphatic hydroxyl groups is 1. The lowest BCUT2D eigenvalue weighted by atomic mass is 9.66. The van der Waals surface area contributed by atoms with Gasteiger partial charge in [-0.2, -0.15) is 0 Å². The molecular weight excluding hydrogens is 500 g/mol. The van der Waals surface area contributed by atoms with Crippen molar-refractivity contribution in [2.45, 2.75) is 62.7 Å². The lowest BCUT2D eigenvalue weighted by Crippen LogP contribution is -2.56. The monoisotopic (exact) mass is 540 g/mol. The Hall–Kier alpha value is -3.17. The second kappa shape index (κ2) is 11.9. The van der Waals surface area contributed by atoms with E-state index in [-0.39, 0.29) is 38.1 Å². The molecule has 212 valence electrons. The predicted molar refractivity (Wildman–Crippen MR) is 146 cm³/mol. The number of anilines is 1. The summed E-state index contributed by atoms with van der Waals surface area (Å²) in [6.45, 7) is 9.91. The Morgan fingerprint density at radius 1 is 1.18 bits per heavy atom. The van der Waals surface area contributed by atoms with E-state index in [2.05, 4.69) is 13.2 Å². The van der Waals surface area contributed by atoms with E-state index >= 15 is 0 Å². The van der Waals surface area contributed by atoms with E-state index in [4.69, 9.17) is 14.2 Å². The summed E-state index contributed by atoms with van der Waals surface area (Å²) in [6, 6.07) is 6.15. The topological polar surface area (TPSA) is 106 Å². The van der Waals surface area contributed by atoms with Gasteiger partial charge >= 0.3 is 5.97 Å². The molecule has 3 aliphatic heterocycles. The van der Waals surface area contributed by atoms with E-state index in [1.807, 2.05) is 13.0 Å². The smallest absolute Gasteiger partial charge is 0.312 e. The molecule has 1 N–H and O–H groups in total. The number of esters is 1. The van der Waals surface area contributed by atoms with Gasteiger partial charge in [0.15, 0.2) is 0 Å². The van der Waals surface area contributed by atoms with Crippen LogP contribution in [0.15, 0.2) is 49.6 Å². The zero-order valence-corrected chi connectivity index (χ0v) is 23.0. The van der Waals surface area contributed by atoms with E-state index in [0.717, 1.165) is 12.8 Å². The number of carbonyl (C=O) groups excluding carboxylic acids is 3. The van der Waals surface area contributed by atoms with Crippen LogP contribution < -0.4 is 9.64 Å². The van der Waals surface area contributed by atoms with Crippen LogP contribution in [-0.4, -0.2) is 78.4 Å². The SMILES string of the molecule is C=CCCCCOC(=O)[C@H]1[C@H]2C(=O)N(CCCO)C(C(=O)N(CC=C)c3ccc(OC)cc3)C23CC[C@]1(C)O3. The fourth-order valence-corrected chi connectivity index (χ4v) is 6.56. The van der Waals surface area contributed by atoms with E-state index in [1.165, 1.54) is 4.90 Å². The lowest BCUT2D eigenvalue weighted by molar-refractivity contribution is -0.159. The number of aliphatic hydroxyl groups excluding tert-OH is 1. The Morgan fingerprint density at radius 3 is 2.56 bits per heavy atom. The maximum Gasteiger partial charge on any atom is 0.312 e. The van der Waals surface area contributed by atoms with Gasteiger partial charge in [0, 0.05) is 25.4 Å². The van der Waals surface area contributed by atoms with Crippen LogP contribution in [0.5, 0.6) is 5.75 Å². The predicted octanol–water partition coefficient (Wildman–Crippen LogP) is 3.26. The molecule has 2 bridgehead atoms. The van der Waals surface area contributed by atoms with Crippen molar-refractivity contribution in [1.29, 1.82) is 0 Å². The summed E-state index contributed by atoms with van der Waals surface area (Å²) >= 11 is 0. The zero-order chi connectivity index (χ0) is 28.2. The maximum atomic E-state index is 14.4. The van der Waals surface area contributed by atoms with Gasteiger partial charge in [-0.25, -0.2) is 0 Å².